The van der Waals surface area contributed by atoms with Gasteiger partial charge in [0, 0.05) is 34.2 Å². The van der Waals surface area contributed by atoms with E-state index in [9.17, 15) is 9.59 Å². The number of hydrogen-bond donors (Lipinski definition) is 1. The van der Waals surface area contributed by atoms with Crippen LogP contribution in [0.1, 0.15) is 0 Å². The maximum Gasteiger partial charge on any atom is 0.412 e. The molecule has 1 saturated heterocycles. The molecule has 1 N–H and O–H groups in total. The van der Waals surface area contributed by atoms with Crippen LogP contribution in [0.4, 0.5) is 4.79 Å². The number of hydrogen-bond acceptors (Lipinski definition) is 7. The van der Waals surface area contributed by atoms with Gasteiger partial charge in [0.1, 0.15) is 30.8 Å². The van der Waals surface area contributed by atoms with Crippen LogP contribution < -0.4 is 14.8 Å². The van der Waals surface area contributed by atoms with Crippen LogP contribution in [0.3, 0.4) is 0 Å². The maximum absolute atomic E-state index is 12.5. The van der Waals surface area contributed by atoms with Gasteiger partial charge in [0.2, 0.25) is 0 Å². The smallest absolute Gasteiger partial charge is 0.412 e. The zero-order chi connectivity index (χ0) is 23.0. The molecule has 3 aromatic carbocycles. The highest BCUT2D eigenvalue weighted by atomic mass is 16.6. The number of amides is 1. The van der Waals surface area contributed by atoms with E-state index in [1.54, 1.807) is 0 Å². The second-order valence-electron chi connectivity index (χ2n) is 7.32. The molecule has 4 rings (SSSR count). The Labute approximate surface area is 191 Å². The Hall–Kier alpha value is -3.62. The molecular formula is C25H25NO7. The third-order valence-corrected chi connectivity index (χ3v) is 5.00. The van der Waals surface area contributed by atoms with Crippen LogP contribution >= 0.6 is 0 Å². The minimum atomic E-state index is -0.591. The van der Waals surface area contributed by atoms with Gasteiger partial charge in [0.15, 0.2) is 0 Å². The van der Waals surface area contributed by atoms with Gasteiger partial charge in [-0.05, 0) is 0 Å². The monoisotopic (exact) mass is 451 g/mol. The Morgan fingerprint density at radius 3 is 2.15 bits per heavy atom. The van der Waals surface area contributed by atoms with Crippen LogP contribution in [-0.2, 0) is 19.0 Å². The van der Waals surface area contributed by atoms with Crippen molar-refractivity contribution < 1.29 is 33.3 Å². The molecular weight excluding hydrogens is 426 g/mol. The zero-order valence-corrected chi connectivity index (χ0v) is 18.1. The van der Waals surface area contributed by atoms with E-state index in [1.807, 2.05) is 48.5 Å². The highest BCUT2D eigenvalue weighted by Crippen LogP contribution is 2.42. The Morgan fingerprint density at radius 2 is 1.58 bits per heavy atom. The Bertz CT molecular complexity index is 1100. The Kier molecular flexibility index (Phi) is 7.39. The fourth-order valence-corrected chi connectivity index (χ4v) is 3.37. The molecule has 0 saturated carbocycles. The molecule has 0 bridgehead atoms. The van der Waals surface area contributed by atoms with Gasteiger partial charge in [-0.2, -0.15) is 0 Å². The Balaban J connectivity index is 1.43. The molecule has 0 radical (unpaired) electrons. The van der Waals surface area contributed by atoms with Crippen LogP contribution in [0.5, 0.6) is 11.5 Å². The molecule has 1 heterocycles. The highest BCUT2D eigenvalue weighted by Gasteiger charge is 2.25. The average Bonchev–Trinajstić information content (AvgIpc) is 3.67. The predicted molar refractivity (Wildman–Crippen MR) is 123 cm³/mol. The topological polar surface area (TPSA) is 95.6 Å². The van der Waals surface area contributed by atoms with Gasteiger partial charge in [-0.1, -0.05) is 55.1 Å². The van der Waals surface area contributed by atoms with E-state index in [1.165, 1.54) is 0 Å². The second kappa shape index (κ2) is 10.8. The van der Waals surface area contributed by atoms with Crippen molar-refractivity contribution in [3.63, 3.8) is 0 Å². The van der Waals surface area contributed by atoms with Crippen LogP contribution in [0, 0.1) is 0 Å². The van der Waals surface area contributed by atoms with E-state index < -0.39 is 12.1 Å². The molecule has 172 valence electrons. The summed E-state index contributed by atoms with van der Waals surface area (Å²) in [7, 11) is 0. The van der Waals surface area contributed by atoms with Crippen molar-refractivity contribution in [3.8, 4) is 11.5 Å². The fourth-order valence-electron chi connectivity index (χ4n) is 3.37. The van der Waals surface area contributed by atoms with Crippen LogP contribution in [0.25, 0.3) is 21.5 Å². The molecule has 8 heteroatoms. The lowest BCUT2D eigenvalue weighted by Gasteiger charge is -2.17. The molecule has 1 aliphatic heterocycles. The van der Waals surface area contributed by atoms with Gasteiger partial charge in [-0.15, -0.1) is 0 Å². The summed E-state index contributed by atoms with van der Waals surface area (Å²) in [6, 6.07) is 15.3. The van der Waals surface area contributed by atoms with E-state index in [0.29, 0.717) is 19.0 Å². The van der Waals surface area contributed by atoms with Crippen molar-refractivity contribution >= 4 is 33.6 Å². The summed E-state index contributed by atoms with van der Waals surface area (Å²) in [4.78, 5) is 23.5. The number of rotatable bonds is 11. The molecule has 0 spiro atoms. The summed E-state index contributed by atoms with van der Waals surface area (Å²) in [6.45, 7) is 5.33. The summed E-state index contributed by atoms with van der Waals surface area (Å²) < 4.78 is 27.3. The lowest BCUT2D eigenvalue weighted by atomic mass is 10.0. The van der Waals surface area contributed by atoms with E-state index in [4.69, 9.17) is 23.7 Å². The van der Waals surface area contributed by atoms with Gasteiger partial charge < -0.3 is 29.0 Å². The van der Waals surface area contributed by atoms with Crippen molar-refractivity contribution in [1.29, 1.82) is 0 Å². The molecule has 0 aromatic heterocycles. The minimum Gasteiger partial charge on any atom is -0.489 e. The van der Waals surface area contributed by atoms with Gasteiger partial charge in [0.25, 0.3) is 0 Å². The number of benzene rings is 3. The van der Waals surface area contributed by atoms with Crippen LogP contribution in [0.2, 0.25) is 0 Å². The number of carbonyl (C=O) groups is 2. The van der Waals surface area contributed by atoms with Crippen molar-refractivity contribution in [2.24, 2.45) is 0 Å². The normalized spacial score (nSPS) is 14.6. The van der Waals surface area contributed by atoms with Gasteiger partial charge in [0.05, 0.1) is 19.8 Å². The lowest BCUT2D eigenvalue weighted by Crippen LogP contribution is -2.30. The molecule has 1 unspecified atom stereocenters. The number of ether oxygens (including phenoxy) is 5. The zero-order valence-electron chi connectivity index (χ0n) is 18.1. The predicted octanol–water partition coefficient (Wildman–Crippen LogP) is 3.60. The summed E-state index contributed by atoms with van der Waals surface area (Å²) >= 11 is 0. The minimum absolute atomic E-state index is 0.120. The van der Waals surface area contributed by atoms with E-state index >= 15 is 0 Å². The molecule has 1 fully saturated rings. The van der Waals surface area contributed by atoms with Crippen LogP contribution in [0.15, 0.2) is 61.2 Å². The average molecular weight is 451 g/mol. The summed E-state index contributed by atoms with van der Waals surface area (Å²) in [5.41, 5.74) is 0. The number of epoxide rings is 1. The van der Waals surface area contributed by atoms with Crippen LogP contribution in [-0.4, -0.2) is 57.7 Å². The molecule has 3 aromatic rings. The van der Waals surface area contributed by atoms with E-state index in [-0.39, 0.29) is 32.5 Å². The van der Waals surface area contributed by atoms with Crippen molar-refractivity contribution in [2.75, 3.05) is 39.6 Å². The van der Waals surface area contributed by atoms with Gasteiger partial charge >= 0.3 is 12.1 Å². The quantitative estimate of drug-likeness (QED) is 0.156. The molecule has 8 nitrogen and oxygen atoms in total. The maximum atomic E-state index is 12.5. The second-order valence-corrected chi connectivity index (χ2v) is 7.32. The number of carbonyl (C=O) groups excluding carboxylic acids is 2. The molecule has 0 aliphatic carbocycles. The summed E-state index contributed by atoms with van der Waals surface area (Å²) in [6.07, 6.45) is 0.623. The first kappa shape index (κ1) is 22.6. The van der Waals surface area contributed by atoms with Crippen molar-refractivity contribution in [3.05, 3.63) is 61.2 Å². The number of esters is 1. The first-order valence-electron chi connectivity index (χ1n) is 10.7. The SMILES string of the molecule is C=CC(=O)OCCOCCNC(=O)Oc1c2ccccc2c(OCC2CO2)c2ccccc12. The van der Waals surface area contributed by atoms with E-state index in [0.717, 1.165) is 33.4 Å². The molecule has 1 atom stereocenters. The fraction of sp³-hybridized carbons (Fsp3) is 0.280. The van der Waals surface area contributed by atoms with E-state index in [2.05, 4.69) is 11.9 Å². The first-order chi connectivity index (χ1) is 16.2. The Morgan fingerprint density at radius 1 is 0.970 bits per heavy atom. The lowest BCUT2D eigenvalue weighted by molar-refractivity contribution is -0.139. The molecule has 1 aliphatic rings. The molecule has 33 heavy (non-hydrogen) atoms. The number of fused-ring (bicyclic) bond motifs is 2. The van der Waals surface area contributed by atoms with Crippen molar-refractivity contribution in [2.45, 2.75) is 6.10 Å². The number of nitrogens with one attached hydrogen (secondary N) is 1. The first-order valence-corrected chi connectivity index (χ1v) is 10.7. The van der Waals surface area contributed by atoms with Gasteiger partial charge in [-0.25, -0.2) is 9.59 Å². The largest absolute Gasteiger partial charge is 0.489 e. The van der Waals surface area contributed by atoms with Crippen molar-refractivity contribution in [1.82, 2.24) is 5.32 Å². The summed E-state index contributed by atoms with van der Waals surface area (Å²) in [5.74, 6) is 0.707. The third kappa shape index (κ3) is 5.79. The standard InChI is InChI=1S/C25H25NO7/c1-2-22(27)30-14-13-29-12-11-26-25(28)33-24-20-9-5-3-7-18(20)23(32-16-17-15-31-17)19-8-4-6-10-21(19)24/h2-10,17H,1,11-16H2,(H,26,28). The van der Waals surface area contributed by atoms with Gasteiger partial charge in [-0.3, -0.25) is 0 Å². The highest BCUT2D eigenvalue weighted by molar-refractivity contribution is 6.11. The third-order valence-electron chi connectivity index (χ3n) is 5.00. The molecule has 1 amide bonds. The summed E-state index contributed by atoms with van der Waals surface area (Å²) in [5, 5.41) is 5.95.